The Morgan fingerprint density at radius 1 is 1.05 bits per heavy atom. The first-order chi connectivity index (χ1) is 18.2. The second kappa shape index (κ2) is 28.1. The van der Waals surface area contributed by atoms with Gasteiger partial charge in [0.15, 0.2) is 0 Å². The van der Waals surface area contributed by atoms with Crippen LogP contribution in [-0.4, -0.2) is 35.3 Å². The van der Waals surface area contributed by atoms with Gasteiger partial charge in [0, 0.05) is 23.6 Å². The number of aliphatic hydroxyl groups is 1. The molecule has 1 rings (SSSR count). The summed E-state index contributed by atoms with van der Waals surface area (Å²) < 4.78 is 3.05. The molecule has 218 valence electrons. The van der Waals surface area contributed by atoms with E-state index in [0.717, 1.165) is 19.4 Å². The number of benzene rings is 1. The molecule has 0 heterocycles. The molecule has 0 bridgehead atoms. The van der Waals surface area contributed by atoms with Gasteiger partial charge in [-0.15, -0.1) is 0 Å². The molecule has 0 spiro atoms. The van der Waals surface area contributed by atoms with Gasteiger partial charge in [0.05, 0.1) is 11.0 Å². The van der Waals surface area contributed by atoms with Crippen molar-refractivity contribution in [3.63, 3.8) is 0 Å². The van der Waals surface area contributed by atoms with E-state index in [-0.39, 0.29) is 5.70 Å². The summed E-state index contributed by atoms with van der Waals surface area (Å²) in [5.74, 6) is 0. The molecular formula is C31H55N3O3S. The summed E-state index contributed by atoms with van der Waals surface area (Å²) in [5, 5.41) is 24.2. The largest absolute Gasteiger partial charge is 0.392 e. The summed E-state index contributed by atoms with van der Waals surface area (Å²) in [4.78, 5) is 10.9. The molecule has 2 atom stereocenters. The van der Waals surface area contributed by atoms with Crippen molar-refractivity contribution in [1.29, 1.82) is 0 Å². The number of aryl methyl sites for hydroxylation is 1. The van der Waals surface area contributed by atoms with E-state index in [9.17, 15) is 15.2 Å². The molecule has 0 saturated carbocycles. The third-order valence-electron chi connectivity index (χ3n) is 5.61. The van der Waals surface area contributed by atoms with Gasteiger partial charge in [-0.3, -0.25) is 14.8 Å². The predicted molar refractivity (Wildman–Crippen MR) is 168 cm³/mol. The molecule has 0 aliphatic carbocycles. The lowest BCUT2D eigenvalue weighted by molar-refractivity contribution is -0.419. The molecule has 0 saturated heterocycles. The van der Waals surface area contributed by atoms with Crippen molar-refractivity contribution in [2.45, 2.75) is 111 Å². The van der Waals surface area contributed by atoms with Crippen molar-refractivity contribution in [3.8, 4) is 0 Å². The number of nitrogens with zero attached hydrogens (tertiary/aromatic N) is 1. The second-order valence-corrected chi connectivity index (χ2v) is 10.4. The minimum Gasteiger partial charge on any atom is -0.392 e. The summed E-state index contributed by atoms with van der Waals surface area (Å²) in [7, 11) is 0. The molecule has 1 aromatic rings. The molecule has 0 aromatic heterocycles. The average Bonchev–Trinajstić information content (AvgIpc) is 2.90. The molecule has 3 N–H and O–H groups in total. The first-order valence-electron chi connectivity index (χ1n) is 14.2. The van der Waals surface area contributed by atoms with Crippen molar-refractivity contribution in [2.24, 2.45) is 0 Å². The van der Waals surface area contributed by atoms with Crippen molar-refractivity contribution in [3.05, 3.63) is 81.4 Å². The van der Waals surface area contributed by atoms with Crippen molar-refractivity contribution >= 4 is 11.9 Å². The highest BCUT2D eigenvalue weighted by atomic mass is 32.2. The number of nitro groups is 1. The highest BCUT2D eigenvalue weighted by molar-refractivity contribution is 8.01. The number of rotatable bonds is 18. The van der Waals surface area contributed by atoms with Crippen LogP contribution in [0.2, 0.25) is 0 Å². The Labute approximate surface area is 237 Å². The molecule has 6 nitrogen and oxygen atoms in total. The van der Waals surface area contributed by atoms with Crippen LogP contribution >= 0.6 is 11.9 Å². The number of unbranched alkanes of at least 4 members (excludes halogenated alkanes) is 4. The smallest absolute Gasteiger partial charge is 0.265 e. The Kier molecular flexibility index (Phi) is 28.2. The fourth-order valence-electron chi connectivity index (χ4n) is 3.01. The van der Waals surface area contributed by atoms with E-state index in [1.165, 1.54) is 74.6 Å². The summed E-state index contributed by atoms with van der Waals surface area (Å²) in [6, 6.07) is 10.8. The van der Waals surface area contributed by atoms with Crippen LogP contribution in [0.3, 0.4) is 0 Å². The van der Waals surface area contributed by atoms with E-state index in [1.807, 2.05) is 18.2 Å². The quantitative estimate of drug-likeness (QED) is 0.0560. The van der Waals surface area contributed by atoms with Crippen LogP contribution in [0.1, 0.15) is 98.0 Å². The maximum atomic E-state index is 10.7. The molecule has 2 unspecified atom stereocenters. The number of nitrogens with one attached hydrogen (secondary N) is 2. The highest BCUT2D eigenvalue weighted by Gasteiger charge is 2.06. The maximum Gasteiger partial charge on any atom is 0.265 e. The van der Waals surface area contributed by atoms with Gasteiger partial charge in [-0.25, -0.2) is 0 Å². The van der Waals surface area contributed by atoms with E-state index in [1.54, 1.807) is 13.0 Å². The summed E-state index contributed by atoms with van der Waals surface area (Å²) >= 11 is 1.27. The minimum absolute atomic E-state index is 0.0314. The molecule has 0 fully saturated rings. The normalized spacial score (nSPS) is 12.7. The maximum absolute atomic E-state index is 10.7. The fraction of sp³-hybridized carbons (Fsp3) is 0.613. The molecular weight excluding hydrogens is 494 g/mol. The van der Waals surface area contributed by atoms with Crippen LogP contribution < -0.4 is 10.0 Å². The van der Waals surface area contributed by atoms with Crippen LogP contribution in [0.5, 0.6) is 0 Å². The zero-order valence-electron chi connectivity index (χ0n) is 24.9. The van der Waals surface area contributed by atoms with E-state index >= 15 is 0 Å². The van der Waals surface area contributed by atoms with Gasteiger partial charge >= 0.3 is 0 Å². The fourth-order valence-corrected chi connectivity index (χ4v) is 3.60. The zero-order valence-corrected chi connectivity index (χ0v) is 25.7. The van der Waals surface area contributed by atoms with Gasteiger partial charge in [-0.05, 0) is 70.7 Å². The van der Waals surface area contributed by atoms with Crippen LogP contribution in [0.4, 0.5) is 0 Å². The third kappa shape index (κ3) is 27.1. The lowest BCUT2D eigenvalue weighted by atomic mass is 10.1. The van der Waals surface area contributed by atoms with Crippen molar-refractivity contribution < 1.29 is 10.0 Å². The standard InChI is InChI=1S/C20H37N3O3S.C7H8.C4H10/c1-5-7-8-9-11-17(3)21-15-10-12-20(24)16-22-27-18(4)13-14-19(6-2)23(25)26;1-7-5-3-2-4-6-7;1-3-4-2/h6,13-14,17,20-22,24H,4-5,7-12,15-16H2,1-3H3;2-6H,1H3;3-4H2,1-2H3/b14-13-,19-6+;;. The summed E-state index contributed by atoms with van der Waals surface area (Å²) in [6.07, 6.45) is 14.7. The Morgan fingerprint density at radius 3 is 2.21 bits per heavy atom. The van der Waals surface area contributed by atoms with Crippen LogP contribution in [0.25, 0.3) is 0 Å². The Morgan fingerprint density at radius 2 is 1.71 bits per heavy atom. The summed E-state index contributed by atoms with van der Waals surface area (Å²) in [6.45, 7) is 17.7. The van der Waals surface area contributed by atoms with Gasteiger partial charge < -0.3 is 10.4 Å². The first kappa shape index (κ1) is 38.2. The van der Waals surface area contributed by atoms with Crippen LogP contribution in [0.15, 0.2) is 65.7 Å². The molecule has 1 aromatic carbocycles. The third-order valence-corrected chi connectivity index (χ3v) is 6.32. The monoisotopic (exact) mass is 549 g/mol. The van der Waals surface area contributed by atoms with Gasteiger partial charge in [0.25, 0.3) is 5.70 Å². The first-order valence-corrected chi connectivity index (χ1v) is 15.0. The minimum atomic E-state index is -0.439. The van der Waals surface area contributed by atoms with Crippen LogP contribution in [0, 0.1) is 17.0 Å². The molecule has 0 aliphatic heterocycles. The molecule has 0 amide bonds. The number of hydrogen-bond acceptors (Lipinski definition) is 6. The molecule has 0 aliphatic rings. The Bertz CT molecular complexity index is 752. The van der Waals surface area contributed by atoms with E-state index in [2.05, 4.69) is 63.4 Å². The molecule has 0 radical (unpaired) electrons. The van der Waals surface area contributed by atoms with Crippen molar-refractivity contribution in [1.82, 2.24) is 10.0 Å². The molecule has 38 heavy (non-hydrogen) atoms. The van der Waals surface area contributed by atoms with E-state index < -0.39 is 11.0 Å². The number of allylic oxidation sites excluding steroid dienone is 3. The predicted octanol–water partition coefficient (Wildman–Crippen LogP) is 8.37. The van der Waals surface area contributed by atoms with Crippen LogP contribution in [-0.2, 0) is 0 Å². The van der Waals surface area contributed by atoms with Gasteiger partial charge in [-0.1, -0.05) is 102 Å². The van der Waals surface area contributed by atoms with Crippen molar-refractivity contribution in [2.75, 3.05) is 13.1 Å². The van der Waals surface area contributed by atoms with Gasteiger partial charge in [0.2, 0.25) is 0 Å². The van der Waals surface area contributed by atoms with E-state index in [4.69, 9.17) is 0 Å². The Balaban J connectivity index is 0. The zero-order chi connectivity index (χ0) is 29.0. The Hall–Kier alpha value is -1.93. The van der Waals surface area contributed by atoms with Gasteiger partial charge in [-0.2, -0.15) is 0 Å². The number of hydrogen-bond donors (Lipinski definition) is 3. The lowest BCUT2D eigenvalue weighted by Gasteiger charge is -2.15. The highest BCUT2D eigenvalue weighted by Crippen LogP contribution is 2.12. The average molecular weight is 550 g/mol. The van der Waals surface area contributed by atoms with Gasteiger partial charge in [0.1, 0.15) is 0 Å². The van der Waals surface area contributed by atoms with E-state index in [0.29, 0.717) is 17.5 Å². The SMILES string of the molecule is C=C(/C=C\C(=C/C)[N+](=O)[O-])SNCC(O)CCCNC(C)CCCCCC.CCCC.Cc1ccccc1. The lowest BCUT2D eigenvalue weighted by Crippen LogP contribution is -2.28. The number of aliphatic hydroxyl groups excluding tert-OH is 1. The topological polar surface area (TPSA) is 87.4 Å². The molecule has 7 heteroatoms. The summed E-state index contributed by atoms with van der Waals surface area (Å²) in [5.41, 5.74) is 1.35. The second-order valence-electron chi connectivity index (χ2n) is 9.38.